The molecule has 0 saturated carbocycles. The van der Waals surface area contributed by atoms with E-state index in [-0.39, 0.29) is 0 Å². The number of piperazine rings is 1. The molecule has 0 aliphatic carbocycles. The fourth-order valence-corrected chi connectivity index (χ4v) is 3.93. The number of nitrogens with zero attached hydrogens (tertiary/aromatic N) is 4. The van der Waals surface area contributed by atoms with E-state index in [2.05, 4.69) is 33.2 Å². The number of pyridine rings is 1. The van der Waals surface area contributed by atoms with Crippen LogP contribution in [0.15, 0.2) is 18.3 Å². The Morgan fingerprint density at radius 3 is 2.46 bits per heavy atom. The minimum Gasteiger partial charge on any atom is -0.354 e. The summed E-state index contributed by atoms with van der Waals surface area (Å²) in [5.41, 5.74) is 1.28. The van der Waals surface area contributed by atoms with Gasteiger partial charge < -0.3 is 9.80 Å². The Labute approximate surface area is 149 Å². The largest absolute Gasteiger partial charge is 0.354 e. The molecule has 0 N–H and O–H groups in total. The average Bonchev–Trinajstić information content (AvgIpc) is 2.64. The van der Waals surface area contributed by atoms with Crippen molar-refractivity contribution in [1.82, 2.24) is 14.8 Å². The van der Waals surface area contributed by atoms with Crippen molar-refractivity contribution in [3.05, 3.63) is 23.9 Å². The third kappa shape index (κ3) is 4.63. The van der Waals surface area contributed by atoms with Crippen LogP contribution in [0.1, 0.15) is 24.8 Å². The first-order valence-corrected chi connectivity index (χ1v) is 10.3. The number of rotatable bonds is 5. The minimum absolute atomic E-state index is 0.308. The summed E-state index contributed by atoms with van der Waals surface area (Å²) in [7, 11) is 0. The predicted octanol–water partition coefficient (Wildman–Crippen LogP) is 2.08. The molecule has 6 heteroatoms. The van der Waals surface area contributed by atoms with Crippen LogP contribution in [0.25, 0.3) is 0 Å². The highest BCUT2D eigenvalue weighted by Gasteiger charge is 2.23. The van der Waals surface area contributed by atoms with Gasteiger partial charge in [0.05, 0.1) is 6.54 Å². The van der Waals surface area contributed by atoms with Gasteiger partial charge in [0.15, 0.2) is 0 Å². The Morgan fingerprint density at radius 2 is 1.83 bits per heavy atom. The summed E-state index contributed by atoms with van der Waals surface area (Å²) in [5, 5.41) is 0. The Balaban J connectivity index is 1.45. The van der Waals surface area contributed by atoms with Gasteiger partial charge >= 0.3 is 0 Å². The number of hydrogen-bond acceptors (Lipinski definition) is 5. The summed E-state index contributed by atoms with van der Waals surface area (Å²) in [6.45, 7) is 6.25. The van der Waals surface area contributed by atoms with Crippen LogP contribution in [-0.2, 0) is 10.5 Å². The van der Waals surface area contributed by atoms with Gasteiger partial charge in [-0.3, -0.25) is 9.69 Å². The standard InChI is InChI=1S/C18H28N4OS/c1-24-15-16-5-6-17(19-13-16)21-11-9-20(10-12-21)14-18(23)22-7-3-2-4-8-22/h5-6,13H,2-4,7-12,14-15H2,1H3. The quantitative estimate of drug-likeness (QED) is 0.815. The normalized spacial score (nSPS) is 19.5. The third-order valence-electron chi connectivity index (χ3n) is 4.88. The molecule has 0 unspecified atom stereocenters. The molecule has 3 rings (SSSR count). The number of thioether (sulfide) groups is 1. The van der Waals surface area contributed by atoms with E-state index in [9.17, 15) is 4.79 Å². The van der Waals surface area contributed by atoms with Gasteiger partial charge in [-0.25, -0.2) is 4.98 Å². The maximum Gasteiger partial charge on any atom is 0.236 e. The SMILES string of the molecule is CSCc1ccc(N2CCN(CC(=O)N3CCCCC3)CC2)nc1. The highest BCUT2D eigenvalue weighted by molar-refractivity contribution is 7.97. The maximum absolute atomic E-state index is 12.4. The van der Waals surface area contributed by atoms with Crippen LogP contribution in [0.2, 0.25) is 0 Å². The molecule has 3 heterocycles. The van der Waals surface area contributed by atoms with Crippen LogP contribution in [0.3, 0.4) is 0 Å². The van der Waals surface area contributed by atoms with Crippen molar-refractivity contribution in [1.29, 1.82) is 0 Å². The van der Waals surface area contributed by atoms with E-state index in [1.54, 1.807) is 0 Å². The molecule has 0 radical (unpaired) electrons. The fourth-order valence-electron chi connectivity index (χ4n) is 3.43. The Morgan fingerprint density at radius 1 is 1.08 bits per heavy atom. The van der Waals surface area contributed by atoms with E-state index in [0.717, 1.165) is 63.7 Å². The molecule has 1 aromatic rings. The Kier molecular flexibility index (Phi) is 6.37. The lowest BCUT2D eigenvalue weighted by molar-refractivity contribution is -0.133. The lowest BCUT2D eigenvalue weighted by atomic mass is 10.1. The number of aromatic nitrogens is 1. The van der Waals surface area contributed by atoms with Gasteiger partial charge in [-0.1, -0.05) is 6.07 Å². The summed E-state index contributed by atoms with van der Waals surface area (Å²) in [4.78, 5) is 23.6. The second kappa shape index (κ2) is 8.72. The van der Waals surface area contributed by atoms with E-state index in [0.29, 0.717) is 12.5 Å². The smallest absolute Gasteiger partial charge is 0.236 e. The summed E-state index contributed by atoms with van der Waals surface area (Å²) < 4.78 is 0. The molecule has 2 aliphatic heterocycles. The number of anilines is 1. The van der Waals surface area contributed by atoms with Crippen LogP contribution in [0.4, 0.5) is 5.82 Å². The summed E-state index contributed by atoms with van der Waals surface area (Å²) in [6.07, 6.45) is 7.69. The summed E-state index contributed by atoms with van der Waals surface area (Å²) in [6, 6.07) is 4.30. The molecule has 1 aromatic heterocycles. The number of carbonyl (C=O) groups is 1. The molecule has 24 heavy (non-hydrogen) atoms. The van der Waals surface area contributed by atoms with Crippen molar-refractivity contribution in [3.63, 3.8) is 0 Å². The zero-order valence-corrected chi connectivity index (χ0v) is 15.4. The second-order valence-corrected chi connectivity index (χ2v) is 7.53. The van der Waals surface area contributed by atoms with Crippen LogP contribution in [0, 0.1) is 0 Å². The number of amides is 1. The highest BCUT2D eigenvalue weighted by atomic mass is 32.2. The molecule has 132 valence electrons. The van der Waals surface area contributed by atoms with Crippen molar-refractivity contribution in [2.24, 2.45) is 0 Å². The molecule has 2 aliphatic rings. The Bertz CT molecular complexity index is 522. The zero-order chi connectivity index (χ0) is 16.8. The first kappa shape index (κ1) is 17.5. The van der Waals surface area contributed by atoms with Crippen LogP contribution >= 0.6 is 11.8 Å². The maximum atomic E-state index is 12.4. The predicted molar refractivity (Wildman–Crippen MR) is 101 cm³/mol. The Hall–Kier alpha value is -1.27. The van der Waals surface area contributed by atoms with E-state index < -0.39 is 0 Å². The molecular formula is C18H28N4OS. The van der Waals surface area contributed by atoms with Crippen molar-refractivity contribution in [2.75, 3.05) is 57.0 Å². The van der Waals surface area contributed by atoms with Crippen molar-refractivity contribution in [2.45, 2.75) is 25.0 Å². The topological polar surface area (TPSA) is 39.7 Å². The first-order valence-electron chi connectivity index (χ1n) is 8.95. The number of piperidine rings is 1. The summed E-state index contributed by atoms with van der Waals surface area (Å²) >= 11 is 1.82. The van der Waals surface area contributed by atoms with Crippen LogP contribution in [-0.4, -0.2) is 72.8 Å². The monoisotopic (exact) mass is 348 g/mol. The average molecular weight is 349 g/mol. The van der Waals surface area contributed by atoms with Gasteiger partial charge in [0.1, 0.15) is 5.82 Å². The van der Waals surface area contributed by atoms with Gasteiger partial charge in [-0.2, -0.15) is 11.8 Å². The van der Waals surface area contributed by atoms with E-state index in [1.807, 2.05) is 22.9 Å². The van der Waals surface area contributed by atoms with Gasteiger partial charge in [0, 0.05) is 51.2 Å². The van der Waals surface area contributed by atoms with Crippen molar-refractivity contribution >= 4 is 23.5 Å². The molecule has 1 amide bonds. The highest BCUT2D eigenvalue weighted by Crippen LogP contribution is 2.16. The molecule has 2 fully saturated rings. The second-order valence-electron chi connectivity index (χ2n) is 6.66. The van der Waals surface area contributed by atoms with E-state index in [4.69, 9.17) is 0 Å². The zero-order valence-electron chi connectivity index (χ0n) is 14.6. The van der Waals surface area contributed by atoms with Crippen molar-refractivity contribution < 1.29 is 4.79 Å². The van der Waals surface area contributed by atoms with Gasteiger partial charge in [0.2, 0.25) is 5.91 Å². The molecule has 0 spiro atoms. The number of likely N-dealkylation sites (tertiary alicyclic amines) is 1. The molecular weight excluding hydrogens is 320 g/mol. The number of hydrogen-bond donors (Lipinski definition) is 0. The van der Waals surface area contributed by atoms with E-state index in [1.165, 1.54) is 12.0 Å². The minimum atomic E-state index is 0.308. The van der Waals surface area contributed by atoms with Gasteiger partial charge in [-0.15, -0.1) is 0 Å². The lowest BCUT2D eigenvalue weighted by Gasteiger charge is -2.36. The molecule has 5 nitrogen and oxygen atoms in total. The lowest BCUT2D eigenvalue weighted by Crippen LogP contribution is -2.50. The van der Waals surface area contributed by atoms with Gasteiger partial charge in [-0.05, 0) is 37.1 Å². The van der Waals surface area contributed by atoms with E-state index >= 15 is 0 Å². The molecule has 0 atom stereocenters. The molecule has 0 aromatic carbocycles. The number of carbonyl (C=O) groups excluding carboxylic acids is 1. The summed E-state index contributed by atoms with van der Waals surface area (Å²) in [5.74, 6) is 2.38. The first-order chi connectivity index (χ1) is 11.8. The third-order valence-corrected chi connectivity index (χ3v) is 5.51. The van der Waals surface area contributed by atoms with Crippen LogP contribution < -0.4 is 4.90 Å². The molecule has 0 bridgehead atoms. The fraction of sp³-hybridized carbons (Fsp3) is 0.667. The van der Waals surface area contributed by atoms with Gasteiger partial charge in [0.25, 0.3) is 0 Å². The van der Waals surface area contributed by atoms with Crippen LogP contribution in [0.5, 0.6) is 0 Å². The molecule has 2 saturated heterocycles. The van der Waals surface area contributed by atoms with Crippen molar-refractivity contribution in [3.8, 4) is 0 Å².